The fourth-order valence-electron chi connectivity index (χ4n) is 1.58. The van der Waals surface area contributed by atoms with Gasteiger partial charge < -0.3 is 5.73 Å². The predicted molar refractivity (Wildman–Crippen MR) is 88.3 cm³/mol. The smallest absolute Gasteiger partial charge is 0.242 e. The number of nitrogens with zero attached hydrogens (tertiary/aromatic N) is 1. The van der Waals surface area contributed by atoms with E-state index in [0.29, 0.717) is 5.69 Å². The monoisotopic (exact) mass is 385 g/mol. The molecule has 1 heterocycles. The largest absolute Gasteiger partial charge is 0.388 e. The minimum atomic E-state index is -3.64. The van der Waals surface area contributed by atoms with Crippen LogP contribution in [0.15, 0.2) is 52.0 Å². The van der Waals surface area contributed by atoms with Crippen LogP contribution < -0.4 is 10.5 Å². The molecule has 1 aromatic heterocycles. The van der Waals surface area contributed by atoms with Crippen molar-refractivity contribution in [3.8, 4) is 0 Å². The number of pyridine rings is 1. The lowest BCUT2D eigenvalue weighted by atomic mass is 10.2. The summed E-state index contributed by atoms with van der Waals surface area (Å²) in [4.78, 5) is 4.11. The lowest BCUT2D eigenvalue weighted by molar-refractivity contribution is 0.581. The summed E-state index contributed by atoms with van der Waals surface area (Å²) in [5.74, 6) is 0. The van der Waals surface area contributed by atoms with Gasteiger partial charge in [-0.2, -0.15) is 0 Å². The minimum absolute atomic E-state index is 0.0644. The maximum atomic E-state index is 12.2. The lowest BCUT2D eigenvalue weighted by Crippen LogP contribution is -2.24. The van der Waals surface area contributed by atoms with E-state index < -0.39 is 10.0 Å². The van der Waals surface area contributed by atoms with Gasteiger partial charge >= 0.3 is 0 Å². The Labute approximate surface area is 136 Å². The Morgan fingerprint density at radius 1 is 1.29 bits per heavy atom. The summed E-state index contributed by atoms with van der Waals surface area (Å²) in [6.45, 7) is 0.181. The van der Waals surface area contributed by atoms with Crippen LogP contribution in [0.3, 0.4) is 0 Å². The van der Waals surface area contributed by atoms with Gasteiger partial charge in [-0.3, -0.25) is 4.98 Å². The summed E-state index contributed by atoms with van der Waals surface area (Å²) >= 11 is 8.14. The van der Waals surface area contributed by atoms with Gasteiger partial charge in [-0.05, 0) is 23.8 Å². The van der Waals surface area contributed by atoms with E-state index in [1.807, 2.05) is 24.3 Å². The van der Waals surface area contributed by atoms with Crippen LogP contribution in [0.2, 0.25) is 0 Å². The molecule has 3 N–H and O–H groups in total. The molecular formula is C13H12BrN3O2S2. The molecule has 0 saturated carbocycles. The molecular weight excluding hydrogens is 374 g/mol. The van der Waals surface area contributed by atoms with Crippen LogP contribution in [0.5, 0.6) is 0 Å². The van der Waals surface area contributed by atoms with Gasteiger partial charge in [-0.25, -0.2) is 13.1 Å². The molecule has 0 amide bonds. The first kappa shape index (κ1) is 16.0. The number of sulfonamides is 1. The molecule has 0 aliphatic rings. The number of hydrogen-bond acceptors (Lipinski definition) is 4. The summed E-state index contributed by atoms with van der Waals surface area (Å²) in [5, 5.41) is 0. The van der Waals surface area contributed by atoms with E-state index >= 15 is 0 Å². The molecule has 0 unspecified atom stereocenters. The zero-order valence-corrected chi connectivity index (χ0v) is 14.0. The van der Waals surface area contributed by atoms with Gasteiger partial charge in [0.1, 0.15) is 9.88 Å². The Morgan fingerprint density at radius 2 is 2.00 bits per heavy atom. The Hall–Kier alpha value is -1.35. The number of aromatic nitrogens is 1. The van der Waals surface area contributed by atoms with Crippen LogP contribution in [0.4, 0.5) is 0 Å². The minimum Gasteiger partial charge on any atom is -0.388 e. The molecule has 5 nitrogen and oxygen atoms in total. The van der Waals surface area contributed by atoms with Crippen molar-refractivity contribution in [2.75, 3.05) is 0 Å². The second kappa shape index (κ2) is 6.61. The number of benzene rings is 1. The van der Waals surface area contributed by atoms with Crippen LogP contribution in [0, 0.1) is 0 Å². The Morgan fingerprint density at radius 3 is 2.57 bits per heavy atom. The van der Waals surface area contributed by atoms with Crippen LogP contribution in [-0.4, -0.2) is 18.4 Å². The highest BCUT2D eigenvalue weighted by Gasteiger charge is 2.15. The SMILES string of the molecule is NC(=S)c1ccc(S(=O)(=O)NCc2ccccc2Br)cn1. The van der Waals surface area contributed by atoms with Gasteiger partial charge in [0, 0.05) is 17.2 Å². The zero-order chi connectivity index (χ0) is 15.5. The third-order valence-corrected chi connectivity index (χ3v) is 5.08. The van der Waals surface area contributed by atoms with E-state index in [9.17, 15) is 8.42 Å². The van der Waals surface area contributed by atoms with Crippen LogP contribution in [-0.2, 0) is 16.6 Å². The molecule has 110 valence electrons. The third kappa shape index (κ3) is 4.07. The maximum Gasteiger partial charge on any atom is 0.242 e. The fourth-order valence-corrected chi connectivity index (χ4v) is 3.08. The molecule has 1 aromatic carbocycles. The molecule has 0 spiro atoms. The van der Waals surface area contributed by atoms with Crippen molar-refractivity contribution in [3.63, 3.8) is 0 Å². The van der Waals surface area contributed by atoms with Crippen molar-refractivity contribution >= 4 is 43.2 Å². The van der Waals surface area contributed by atoms with Gasteiger partial charge in [0.2, 0.25) is 10.0 Å². The number of nitrogens with one attached hydrogen (secondary N) is 1. The molecule has 0 atom stereocenters. The van der Waals surface area contributed by atoms with Gasteiger partial charge in [0.25, 0.3) is 0 Å². The standard InChI is InChI=1S/C13H12BrN3O2S2/c14-11-4-2-1-3-9(11)7-17-21(18,19)10-5-6-12(13(15)20)16-8-10/h1-6,8,17H,7H2,(H2,15,20). The molecule has 0 aliphatic heterocycles. The molecule has 8 heteroatoms. The van der Waals surface area contributed by atoms with E-state index in [4.69, 9.17) is 18.0 Å². The van der Waals surface area contributed by atoms with Crippen LogP contribution >= 0.6 is 28.1 Å². The number of halogens is 1. The average Bonchev–Trinajstić information content (AvgIpc) is 2.46. The molecule has 0 aliphatic carbocycles. The summed E-state index contributed by atoms with van der Waals surface area (Å²) in [6, 6.07) is 10.3. The van der Waals surface area contributed by atoms with Gasteiger partial charge in [-0.15, -0.1) is 0 Å². The fraction of sp³-hybridized carbons (Fsp3) is 0.0769. The van der Waals surface area contributed by atoms with Crippen molar-refractivity contribution in [1.29, 1.82) is 0 Å². The Kier molecular flexibility index (Phi) is 5.04. The molecule has 2 rings (SSSR count). The van der Waals surface area contributed by atoms with Crippen molar-refractivity contribution in [2.24, 2.45) is 5.73 Å². The predicted octanol–water partition coefficient (Wildman–Crippen LogP) is 1.96. The molecule has 2 aromatic rings. The van der Waals surface area contributed by atoms with E-state index in [2.05, 4.69) is 25.6 Å². The Balaban J connectivity index is 2.15. The number of rotatable bonds is 5. The Bertz CT molecular complexity index is 761. The van der Waals surface area contributed by atoms with E-state index in [1.54, 1.807) is 0 Å². The highest BCUT2D eigenvalue weighted by Crippen LogP contribution is 2.16. The van der Waals surface area contributed by atoms with Crippen molar-refractivity contribution in [2.45, 2.75) is 11.4 Å². The molecule has 0 saturated heterocycles. The highest BCUT2D eigenvalue weighted by molar-refractivity contribution is 9.10. The van der Waals surface area contributed by atoms with Crippen molar-refractivity contribution in [3.05, 3.63) is 58.3 Å². The first-order valence-electron chi connectivity index (χ1n) is 5.89. The maximum absolute atomic E-state index is 12.2. The first-order chi connectivity index (χ1) is 9.90. The lowest BCUT2D eigenvalue weighted by Gasteiger charge is -2.08. The topological polar surface area (TPSA) is 85.1 Å². The molecule has 0 fully saturated rings. The van der Waals surface area contributed by atoms with Crippen LogP contribution in [0.25, 0.3) is 0 Å². The van der Waals surface area contributed by atoms with E-state index in [0.717, 1.165) is 10.0 Å². The van der Waals surface area contributed by atoms with E-state index in [-0.39, 0.29) is 16.4 Å². The first-order valence-corrected chi connectivity index (χ1v) is 8.57. The quantitative estimate of drug-likeness (QED) is 0.768. The van der Waals surface area contributed by atoms with Crippen molar-refractivity contribution < 1.29 is 8.42 Å². The summed E-state index contributed by atoms with van der Waals surface area (Å²) in [6.07, 6.45) is 1.23. The van der Waals surface area contributed by atoms with Gasteiger partial charge in [-0.1, -0.05) is 46.3 Å². The van der Waals surface area contributed by atoms with Crippen molar-refractivity contribution in [1.82, 2.24) is 9.71 Å². The highest BCUT2D eigenvalue weighted by atomic mass is 79.9. The van der Waals surface area contributed by atoms with E-state index in [1.165, 1.54) is 18.3 Å². The normalized spacial score (nSPS) is 11.3. The average molecular weight is 386 g/mol. The van der Waals surface area contributed by atoms with Gasteiger partial charge in [0.15, 0.2) is 0 Å². The molecule has 0 radical (unpaired) electrons. The zero-order valence-electron chi connectivity index (χ0n) is 10.8. The van der Waals surface area contributed by atoms with Crippen LogP contribution in [0.1, 0.15) is 11.3 Å². The second-order valence-corrected chi connectivity index (χ2v) is 7.22. The summed E-state index contributed by atoms with van der Waals surface area (Å²) < 4.78 is 27.7. The third-order valence-electron chi connectivity index (χ3n) is 2.71. The van der Waals surface area contributed by atoms with Gasteiger partial charge in [0.05, 0.1) is 5.69 Å². The second-order valence-electron chi connectivity index (χ2n) is 4.16. The number of thiocarbonyl (C=S) groups is 1. The number of hydrogen-bond donors (Lipinski definition) is 2. The molecule has 0 bridgehead atoms. The summed E-state index contributed by atoms with van der Waals surface area (Å²) in [7, 11) is -3.64. The summed E-state index contributed by atoms with van der Waals surface area (Å²) in [5.41, 5.74) is 6.65. The number of nitrogens with two attached hydrogens (primary N) is 1. The molecule has 21 heavy (non-hydrogen) atoms.